The second kappa shape index (κ2) is 4.37. The van der Waals surface area contributed by atoms with Crippen molar-refractivity contribution in [2.45, 2.75) is 13.8 Å². The van der Waals surface area contributed by atoms with Crippen LogP contribution in [0.4, 0.5) is 4.79 Å². The molecule has 0 saturated heterocycles. The van der Waals surface area contributed by atoms with Gasteiger partial charge in [0.25, 0.3) is 5.91 Å². The minimum atomic E-state index is -0.796. The molecular weight excluding hydrogens is 150 g/mol. The second-order valence-corrected chi connectivity index (χ2v) is 1.75. The van der Waals surface area contributed by atoms with Crippen molar-refractivity contribution < 1.29 is 9.59 Å². The van der Waals surface area contributed by atoms with Gasteiger partial charge in [0.05, 0.1) is 5.29 Å². The van der Waals surface area contributed by atoms with Gasteiger partial charge in [0.15, 0.2) is 0 Å². The summed E-state index contributed by atoms with van der Waals surface area (Å²) in [5.41, 5.74) is 0. The summed E-state index contributed by atoms with van der Waals surface area (Å²) in [6.07, 6.45) is 0. The molecule has 3 amide bonds. The van der Waals surface area contributed by atoms with Crippen LogP contribution in [0.1, 0.15) is 13.8 Å². The van der Waals surface area contributed by atoms with Gasteiger partial charge in [0.1, 0.15) is 0 Å². The molecule has 0 fully saturated rings. The summed E-state index contributed by atoms with van der Waals surface area (Å²) < 4.78 is 0. The topological polar surface area (TPSA) is 78.8 Å². The van der Waals surface area contributed by atoms with Gasteiger partial charge in [-0.25, -0.2) is 4.79 Å². The van der Waals surface area contributed by atoms with Crippen LogP contribution in [-0.4, -0.2) is 23.5 Å². The zero-order chi connectivity index (χ0) is 8.85. The van der Waals surface area contributed by atoms with Crippen LogP contribution in [0.3, 0.4) is 0 Å². The third kappa shape index (κ3) is 2.74. The lowest BCUT2D eigenvalue weighted by molar-refractivity contribution is -0.126. The number of amides is 3. The van der Waals surface area contributed by atoms with Gasteiger partial charge in [-0.15, -0.1) is 9.92 Å². The summed E-state index contributed by atoms with van der Waals surface area (Å²) in [6, 6.07) is -0.796. The Labute approximate surface area is 63.5 Å². The molecule has 0 aromatic carbocycles. The molecule has 0 bridgehead atoms. The molecule has 0 rings (SSSR count). The lowest BCUT2D eigenvalue weighted by Crippen LogP contribution is -2.38. The van der Waals surface area contributed by atoms with E-state index in [0.717, 1.165) is 6.92 Å². The molecule has 0 aliphatic heterocycles. The molecule has 1 N–H and O–H groups in total. The minimum Gasteiger partial charge on any atom is -0.336 e. The molecule has 0 heterocycles. The van der Waals surface area contributed by atoms with Gasteiger partial charge >= 0.3 is 6.03 Å². The lowest BCUT2D eigenvalue weighted by atomic mass is 10.6. The zero-order valence-electron chi connectivity index (χ0n) is 6.33. The number of nitrogens with zero attached hydrogens (tertiary/aromatic N) is 2. The normalized spacial score (nSPS) is 8.55. The Hall–Kier alpha value is -1.46. The Morgan fingerprint density at radius 2 is 2.09 bits per heavy atom. The maximum absolute atomic E-state index is 10.7. The number of imide groups is 1. The van der Waals surface area contributed by atoms with Crippen LogP contribution in [-0.2, 0) is 4.79 Å². The van der Waals surface area contributed by atoms with Crippen molar-refractivity contribution >= 4 is 11.9 Å². The average Bonchev–Trinajstić information content (AvgIpc) is 1.88. The van der Waals surface area contributed by atoms with Crippen molar-refractivity contribution in [3.8, 4) is 0 Å². The van der Waals surface area contributed by atoms with E-state index >= 15 is 0 Å². The molecule has 0 atom stereocenters. The van der Waals surface area contributed by atoms with E-state index in [9.17, 15) is 14.5 Å². The van der Waals surface area contributed by atoms with Crippen molar-refractivity contribution in [1.82, 2.24) is 10.3 Å². The van der Waals surface area contributed by atoms with Gasteiger partial charge < -0.3 is 5.32 Å². The van der Waals surface area contributed by atoms with Gasteiger partial charge in [-0.1, -0.05) is 0 Å². The van der Waals surface area contributed by atoms with Gasteiger partial charge in [-0.05, 0) is 6.92 Å². The predicted molar refractivity (Wildman–Crippen MR) is 37.4 cm³/mol. The molecule has 6 heteroatoms. The van der Waals surface area contributed by atoms with Crippen molar-refractivity contribution in [2.24, 2.45) is 5.29 Å². The maximum atomic E-state index is 10.7. The first-order valence-electron chi connectivity index (χ1n) is 3.05. The van der Waals surface area contributed by atoms with Crippen LogP contribution in [0.15, 0.2) is 5.29 Å². The van der Waals surface area contributed by atoms with E-state index in [1.807, 2.05) is 0 Å². The Morgan fingerprint density at radius 1 is 1.55 bits per heavy atom. The molecule has 0 aliphatic rings. The first-order chi connectivity index (χ1) is 5.13. The maximum Gasteiger partial charge on any atom is 0.347 e. The van der Waals surface area contributed by atoms with E-state index in [0.29, 0.717) is 6.54 Å². The summed E-state index contributed by atoms with van der Waals surface area (Å²) in [4.78, 5) is 31.0. The highest BCUT2D eigenvalue weighted by Gasteiger charge is 2.16. The average molecular weight is 159 g/mol. The van der Waals surface area contributed by atoms with Gasteiger partial charge in [0.2, 0.25) is 0 Å². The second-order valence-electron chi connectivity index (χ2n) is 1.75. The fraction of sp³-hybridized carbons (Fsp3) is 0.600. The molecule has 11 heavy (non-hydrogen) atoms. The molecule has 0 unspecified atom stereocenters. The first-order valence-corrected chi connectivity index (χ1v) is 3.05. The summed E-state index contributed by atoms with van der Waals surface area (Å²) in [6.45, 7) is 3.09. The smallest absolute Gasteiger partial charge is 0.336 e. The zero-order valence-corrected chi connectivity index (χ0v) is 6.33. The largest absolute Gasteiger partial charge is 0.347 e. The molecule has 62 valence electrons. The predicted octanol–water partition coefficient (Wildman–Crippen LogP) is 0.246. The molecule has 0 aromatic heterocycles. The number of rotatable bonds is 2. The number of urea groups is 1. The highest BCUT2D eigenvalue weighted by molar-refractivity contribution is 5.92. The highest BCUT2D eigenvalue weighted by atomic mass is 16.3. The summed E-state index contributed by atoms with van der Waals surface area (Å²) in [7, 11) is 0. The van der Waals surface area contributed by atoms with E-state index in [1.54, 1.807) is 6.92 Å². The van der Waals surface area contributed by atoms with Crippen LogP contribution >= 0.6 is 0 Å². The van der Waals surface area contributed by atoms with Gasteiger partial charge in [-0.3, -0.25) is 4.79 Å². The lowest BCUT2D eigenvalue weighted by Gasteiger charge is -2.07. The summed E-state index contributed by atoms with van der Waals surface area (Å²) in [5.74, 6) is -0.703. The Morgan fingerprint density at radius 3 is 2.36 bits per heavy atom. The Bertz CT molecular complexity index is 180. The van der Waals surface area contributed by atoms with E-state index in [4.69, 9.17) is 0 Å². The van der Waals surface area contributed by atoms with Gasteiger partial charge in [0, 0.05) is 13.5 Å². The quantitative estimate of drug-likeness (QED) is 0.463. The number of hydrogen-bond acceptors (Lipinski definition) is 4. The number of carbonyl (C=O) groups is 2. The van der Waals surface area contributed by atoms with E-state index < -0.39 is 11.9 Å². The Balaban J connectivity index is 4.14. The minimum absolute atomic E-state index is 0.226. The standard InChI is InChI=1S/C5H9N3O3/c1-3-6-5(10)8(7-11)4(2)9/h3H2,1-2H3,(H,6,10). The molecule has 6 nitrogen and oxygen atoms in total. The monoisotopic (exact) mass is 159 g/mol. The number of nitroso groups, excluding NO2 is 1. The van der Waals surface area contributed by atoms with Crippen molar-refractivity contribution in [3.05, 3.63) is 4.91 Å². The highest BCUT2D eigenvalue weighted by Crippen LogP contribution is 1.89. The van der Waals surface area contributed by atoms with Crippen LogP contribution in [0, 0.1) is 4.91 Å². The summed E-state index contributed by atoms with van der Waals surface area (Å²) >= 11 is 0. The number of nitrogens with one attached hydrogen (secondary N) is 1. The first kappa shape index (κ1) is 9.54. The fourth-order valence-corrected chi connectivity index (χ4v) is 0.464. The molecular formula is C5H9N3O3. The van der Waals surface area contributed by atoms with Crippen molar-refractivity contribution in [3.63, 3.8) is 0 Å². The fourth-order valence-electron chi connectivity index (χ4n) is 0.464. The van der Waals surface area contributed by atoms with Crippen LogP contribution in [0.25, 0.3) is 0 Å². The van der Waals surface area contributed by atoms with Crippen LogP contribution in [0.5, 0.6) is 0 Å². The van der Waals surface area contributed by atoms with Gasteiger partial charge in [-0.2, -0.15) is 0 Å². The van der Waals surface area contributed by atoms with Crippen molar-refractivity contribution in [2.75, 3.05) is 6.54 Å². The SMILES string of the molecule is CCNC(=O)N(N=O)C(C)=O. The van der Waals surface area contributed by atoms with Crippen molar-refractivity contribution in [1.29, 1.82) is 0 Å². The van der Waals surface area contributed by atoms with Crippen LogP contribution in [0.2, 0.25) is 0 Å². The third-order valence-corrected chi connectivity index (χ3v) is 0.900. The molecule has 0 aromatic rings. The number of hydrogen-bond donors (Lipinski definition) is 1. The van der Waals surface area contributed by atoms with E-state index in [2.05, 4.69) is 10.6 Å². The number of carbonyl (C=O) groups excluding carboxylic acids is 2. The molecule has 0 aliphatic carbocycles. The molecule has 0 spiro atoms. The van der Waals surface area contributed by atoms with E-state index in [-0.39, 0.29) is 5.01 Å². The summed E-state index contributed by atoms with van der Waals surface area (Å²) in [5, 5.41) is 4.70. The Kier molecular flexibility index (Phi) is 3.79. The molecule has 0 radical (unpaired) electrons. The molecule has 0 saturated carbocycles. The van der Waals surface area contributed by atoms with Crippen LogP contribution < -0.4 is 5.32 Å². The van der Waals surface area contributed by atoms with E-state index in [1.165, 1.54) is 0 Å². The third-order valence-electron chi connectivity index (χ3n) is 0.900.